The van der Waals surface area contributed by atoms with Crippen LogP contribution in [0.4, 0.5) is 0 Å². The van der Waals surface area contributed by atoms with E-state index < -0.39 is 25.9 Å². The average Bonchev–Trinajstić information content (AvgIpc) is 3.47. The smallest absolute Gasteiger partial charge is 0.244 e. The van der Waals surface area contributed by atoms with Crippen LogP contribution in [-0.2, 0) is 14.6 Å². The van der Waals surface area contributed by atoms with Crippen molar-refractivity contribution in [3.63, 3.8) is 0 Å². The summed E-state index contributed by atoms with van der Waals surface area (Å²) in [4.78, 5) is 15.2. The Morgan fingerprint density at radius 3 is 2.24 bits per heavy atom. The molecular weight excluding hydrogens is 429 g/mol. The first-order chi connectivity index (χ1) is 13.6. The number of benzene rings is 2. The zero-order valence-electron chi connectivity index (χ0n) is 16.3. The van der Waals surface area contributed by atoms with Gasteiger partial charge in [-0.3, -0.25) is 4.79 Å². The topological polar surface area (TPSA) is 54.5 Å². The molecule has 0 unspecified atom stereocenters. The molecule has 2 aromatic carbocycles. The number of rotatable bonds is 4. The molecule has 4 rings (SSSR count). The first-order valence-corrected chi connectivity index (χ1v) is 12.0. The maximum Gasteiger partial charge on any atom is 0.244 e. The van der Waals surface area contributed by atoms with Crippen LogP contribution in [0.1, 0.15) is 49.1 Å². The number of nitrogens with zero attached hydrogens (tertiary/aromatic N) is 1. The van der Waals surface area contributed by atoms with Gasteiger partial charge in [0.25, 0.3) is 0 Å². The van der Waals surface area contributed by atoms with E-state index in [1.807, 2.05) is 12.1 Å². The Hall–Kier alpha value is -1.56. The maximum absolute atomic E-state index is 13.7. The number of hydrogen-bond acceptors (Lipinski definition) is 3. The van der Waals surface area contributed by atoms with Gasteiger partial charge in [0.2, 0.25) is 5.91 Å². The third-order valence-electron chi connectivity index (χ3n) is 5.98. The number of amides is 1. The van der Waals surface area contributed by atoms with Crippen molar-refractivity contribution in [1.29, 1.82) is 0 Å². The fraction of sp³-hybridized carbons (Fsp3) is 0.409. The Morgan fingerprint density at radius 1 is 1.00 bits per heavy atom. The first kappa shape index (κ1) is 20.7. The van der Waals surface area contributed by atoms with Gasteiger partial charge in [-0.15, -0.1) is 0 Å². The van der Waals surface area contributed by atoms with Crippen LogP contribution in [0.5, 0.6) is 0 Å². The molecule has 154 valence electrons. The zero-order chi connectivity index (χ0) is 21.0. The predicted molar refractivity (Wildman–Crippen MR) is 116 cm³/mol. The molecule has 7 heteroatoms. The standard InChI is InChI=1S/C22H23Cl2NO3S/c1-22(2)21(26)25(13-14-6-7-14)19(15-8-10-17(23)11-9-15)20(29(22,27)28)16-4-3-5-18(24)12-16/h3-5,8-12,14,19-20H,6-7,13H2,1-2H3/t19-,20-/m1/s1. The second-order valence-corrected chi connectivity index (χ2v) is 11.9. The van der Waals surface area contributed by atoms with Crippen molar-refractivity contribution >= 4 is 38.9 Å². The van der Waals surface area contributed by atoms with Crippen LogP contribution < -0.4 is 0 Å². The van der Waals surface area contributed by atoms with Gasteiger partial charge in [-0.25, -0.2) is 8.42 Å². The van der Waals surface area contributed by atoms with E-state index in [4.69, 9.17) is 23.2 Å². The second-order valence-electron chi connectivity index (χ2n) is 8.43. The SMILES string of the molecule is CC1(C)C(=O)N(CC2CC2)[C@H](c2ccc(Cl)cc2)[C@@H](c2cccc(Cl)c2)S1(=O)=O. The number of sulfone groups is 1. The van der Waals surface area contributed by atoms with Crippen LogP contribution in [0, 0.1) is 5.92 Å². The average molecular weight is 452 g/mol. The van der Waals surface area contributed by atoms with Crippen LogP contribution in [0.3, 0.4) is 0 Å². The molecule has 2 aromatic rings. The van der Waals surface area contributed by atoms with E-state index in [9.17, 15) is 13.2 Å². The van der Waals surface area contributed by atoms with Gasteiger partial charge in [0, 0.05) is 16.6 Å². The van der Waals surface area contributed by atoms with Crippen molar-refractivity contribution in [2.45, 2.75) is 42.7 Å². The van der Waals surface area contributed by atoms with Gasteiger partial charge < -0.3 is 4.90 Å². The summed E-state index contributed by atoms with van der Waals surface area (Å²) in [5, 5.41) is 0.122. The van der Waals surface area contributed by atoms with E-state index in [0.29, 0.717) is 28.1 Å². The molecule has 0 bridgehead atoms. The minimum Gasteiger partial charge on any atom is -0.332 e. The summed E-state index contributed by atoms with van der Waals surface area (Å²) >= 11 is 12.3. The van der Waals surface area contributed by atoms with Gasteiger partial charge in [-0.2, -0.15) is 0 Å². The Labute approximate surface area is 181 Å². The molecule has 1 saturated carbocycles. The summed E-state index contributed by atoms with van der Waals surface area (Å²) < 4.78 is 26.0. The Balaban J connectivity index is 1.94. The van der Waals surface area contributed by atoms with Gasteiger partial charge in [-0.05, 0) is 68.0 Å². The molecule has 1 heterocycles. The van der Waals surface area contributed by atoms with E-state index in [2.05, 4.69) is 0 Å². The van der Waals surface area contributed by atoms with Gasteiger partial charge in [0.05, 0.1) is 6.04 Å². The van der Waals surface area contributed by atoms with Gasteiger partial charge in [0.15, 0.2) is 9.84 Å². The largest absolute Gasteiger partial charge is 0.332 e. The normalized spacial score (nSPS) is 25.8. The molecule has 29 heavy (non-hydrogen) atoms. The molecule has 0 aromatic heterocycles. The second kappa shape index (κ2) is 7.29. The van der Waals surface area contributed by atoms with Crippen molar-refractivity contribution in [1.82, 2.24) is 4.90 Å². The number of halogens is 2. The van der Waals surface area contributed by atoms with Crippen molar-refractivity contribution in [2.24, 2.45) is 5.92 Å². The Kier molecular flexibility index (Phi) is 5.21. The lowest BCUT2D eigenvalue weighted by Gasteiger charge is -2.47. The minimum absolute atomic E-state index is 0.345. The lowest BCUT2D eigenvalue weighted by atomic mass is 9.94. The van der Waals surface area contributed by atoms with Crippen LogP contribution in [0.15, 0.2) is 48.5 Å². The summed E-state index contributed by atoms with van der Waals surface area (Å²) in [5.74, 6) is 0.0768. The van der Waals surface area contributed by atoms with E-state index in [-0.39, 0.29) is 5.91 Å². The number of carbonyl (C=O) groups is 1. The van der Waals surface area contributed by atoms with Gasteiger partial charge in [-0.1, -0.05) is 47.5 Å². The summed E-state index contributed by atoms with van der Waals surface area (Å²) in [6.07, 6.45) is 2.12. The summed E-state index contributed by atoms with van der Waals surface area (Å²) in [6, 6.07) is 13.4. The monoisotopic (exact) mass is 451 g/mol. The Morgan fingerprint density at radius 2 is 1.66 bits per heavy atom. The van der Waals surface area contributed by atoms with E-state index >= 15 is 0 Å². The molecule has 0 radical (unpaired) electrons. The summed E-state index contributed by atoms with van der Waals surface area (Å²) in [7, 11) is -3.86. The quantitative estimate of drug-likeness (QED) is 0.639. The van der Waals surface area contributed by atoms with E-state index in [0.717, 1.165) is 18.4 Å². The molecule has 2 aliphatic rings. The highest BCUT2D eigenvalue weighted by molar-refractivity contribution is 7.94. The fourth-order valence-corrected chi connectivity index (χ4v) is 6.55. The third kappa shape index (κ3) is 3.58. The van der Waals surface area contributed by atoms with Crippen LogP contribution in [0.25, 0.3) is 0 Å². The minimum atomic E-state index is -3.86. The van der Waals surface area contributed by atoms with Gasteiger partial charge in [0.1, 0.15) is 10.00 Å². The van der Waals surface area contributed by atoms with Crippen molar-refractivity contribution in [3.05, 3.63) is 69.7 Å². The molecule has 2 atom stereocenters. The molecule has 1 saturated heterocycles. The highest BCUT2D eigenvalue weighted by Crippen LogP contribution is 2.51. The molecule has 1 aliphatic carbocycles. The van der Waals surface area contributed by atoms with Gasteiger partial charge >= 0.3 is 0 Å². The highest BCUT2D eigenvalue weighted by Gasteiger charge is 2.58. The molecule has 0 N–H and O–H groups in total. The van der Waals surface area contributed by atoms with Crippen LogP contribution in [0.2, 0.25) is 10.0 Å². The predicted octanol–water partition coefficient (Wildman–Crippen LogP) is 5.22. The van der Waals surface area contributed by atoms with Crippen molar-refractivity contribution < 1.29 is 13.2 Å². The first-order valence-electron chi connectivity index (χ1n) is 9.68. The molecular formula is C22H23Cl2NO3S. The lowest BCUT2D eigenvalue weighted by Crippen LogP contribution is -2.59. The molecule has 2 fully saturated rings. The molecule has 1 aliphatic heterocycles. The number of hydrogen-bond donors (Lipinski definition) is 0. The van der Waals surface area contributed by atoms with Crippen molar-refractivity contribution in [2.75, 3.05) is 6.54 Å². The Bertz CT molecular complexity index is 1050. The zero-order valence-corrected chi connectivity index (χ0v) is 18.6. The molecule has 4 nitrogen and oxygen atoms in total. The van der Waals surface area contributed by atoms with Crippen LogP contribution >= 0.6 is 23.2 Å². The maximum atomic E-state index is 13.7. The number of carbonyl (C=O) groups excluding carboxylic acids is 1. The highest BCUT2D eigenvalue weighted by atomic mass is 35.5. The van der Waals surface area contributed by atoms with Crippen molar-refractivity contribution in [3.8, 4) is 0 Å². The fourth-order valence-electron chi connectivity index (χ4n) is 4.08. The van der Waals surface area contributed by atoms with E-state index in [1.54, 1.807) is 41.3 Å². The third-order valence-corrected chi connectivity index (χ3v) is 9.27. The molecule has 0 spiro atoms. The summed E-state index contributed by atoms with van der Waals surface area (Å²) in [5.41, 5.74) is 1.35. The summed E-state index contributed by atoms with van der Waals surface area (Å²) in [6.45, 7) is 3.59. The van der Waals surface area contributed by atoms with E-state index in [1.165, 1.54) is 13.8 Å². The van der Waals surface area contributed by atoms with Crippen LogP contribution in [-0.4, -0.2) is 30.5 Å². The molecule has 1 amide bonds. The lowest BCUT2D eigenvalue weighted by molar-refractivity contribution is -0.137.